The summed E-state index contributed by atoms with van der Waals surface area (Å²) < 4.78 is 46.0. The van der Waals surface area contributed by atoms with E-state index in [9.17, 15) is 17.6 Å². The number of halogens is 1. The van der Waals surface area contributed by atoms with Gasteiger partial charge >= 0.3 is 0 Å². The molecule has 0 fully saturated rings. The first-order valence-corrected chi connectivity index (χ1v) is 10.7. The minimum atomic E-state index is -3.72. The van der Waals surface area contributed by atoms with Crippen LogP contribution in [0.15, 0.2) is 83.8 Å². The van der Waals surface area contributed by atoms with Crippen molar-refractivity contribution in [1.29, 1.82) is 0 Å². The third kappa shape index (κ3) is 5.88. The Morgan fingerprint density at radius 2 is 1.60 bits per heavy atom. The van der Waals surface area contributed by atoms with Crippen molar-refractivity contribution >= 4 is 21.6 Å². The average Bonchev–Trinajstić information content (AvgIpc) is 2.74. The van der Waals surface area contributed by atoms with E-state index in [0.717, 1.165) is 5.56 Å². The van der Waals surface area contributed by atoms with E-state index in [4.69, 9.17) is 4.74 Å². The highest BCUT2D eigenvalue weighted by atomic mass is 32.2. The van der Waals surface area contributed by atoms with Gasteiger partial charge in [0, 0.05) is 11.7 Å². The van der Waals surface area contributed by atoms with E-state index in [2.05, 4.69) is 10.0 Å². The van der Waals surface area contributed by atoms with Gasteiger partial charge in [-0.25, -0.2) is 17.5 Å². The lowest BCUT2D eigenvalue weighted by Crippen LogP contribution is -2.26. The Hall–Kier alpha value is -3.23. The number of hydrogen-bond donors (Lipinski definition) is 2. The molecule has 3 aromatic rings. The third-order valence-electron chi connectivity index (χ3n) is 4.26. The fourth-order valence-corrected chi connectivity index (χ4v) is 3.94. The summed E-state index contributed by atoms with van der Waals surface area (Å²) in [4.78, 5) is 12.0. The van der Waals surface area contributed by atoms with Crippen LogP contribution < -0.4 is 14.8 Å². The van der Waals surface area contributed by atoms with E-state index in [1.165, 1.54) is 48.5 Å². The third-order valence-corrected chi connectivity index (χ3v) is 5.82. The molecule has 0 spiro atoms. The Bertz CT molecular complexity index is 1090. The van der Waals surface area contributed by atoms with Crippen LogP contribution in [-0.4, -0.2) is 20.9 Å². The van der Waals surface area contributed by atoms with Crippen LogP contribution in [-0.2, 0) is 14.8 Å². The zero-order valence-corrected chi connectivity index (χ0v) is 17.0. The number of rotatable bonds is 8. The normalized spacial score (nSPS) is 12.2. The Morgan fingerprint density at radius 3 is 2.23 bits per heavy atom. The van der Waals surface area contributed by atoms with Crippen LogP contribution in [0.2, 0.25) is 0 Å². The molecule has 0 saturated heterocycles. The summed E-state index contributed by atoms with van der Waals surface area (Å²) >= 11 is 0. The molecule has 0 aromatic heterocycles. The average molecular weight is 428 g/mol. The first kappa shape index (κ1) is 21.5. The van der Waals surface area contributed by atoms with Crippen LogP contribution >= 0.6 is 0 Å². The smallest absolute Gasteiger partial charge is 0.262 e. The molecule has 3 rings (SSSR count). The van der Waals surface area contributed by atoms with E-state index in [1.54, 1.807) is 6.92 Å². The maximum Gasteiger partial charge on any atom is 0.262 e. The largest absolute Gasteiger partial charge is 0.484 e. The second-order valence-electron chi connectivity index (χ2n) is 6.57. The number of ether oxygens (including phenoxy) is 1. The molecule has 0 saturated carbocycles. The van der Waals surface area contributed by atoms with Crippen molar-refractivity contribution in [2.45, 2.75) is 17.9 Å². The van der Waals surface area contributed by atoms with Gasteiger partial charge in [-0.05, 0) is 61.0 Å². The van der Waals surface area contributed by atoms with Crippen LogP contribution in [0.5, 0.6) is 5.75 Å². The Balaban J connectivity index is 1.56. The number of anilines is 1. The minimum absolute atomic E-state index is 0.0911. The van der Waals surface area contributed by atoms with Gasteiger partial charge in [0.2, 0.25) is 10.0 Å². The van der Waals surface area contributed by atoms with Gasteiger partial charge in [0.05, 0.1) is 4.90 Å². The van der Waals surface area contributed by atoms with Gasteiger partial charge in [-0.3, -0.25) is 4.79 Å². The van der Waals surface area contributed by atoms with Crippen molar-refractivity contribution in [2.75, 3.05) is 11.9 Å². The zero-order chi connectivity index (χ0) is 21.6. The molecule has 1 amide bonds. The standard InChI is InChI=1S/C22H21FN2O4S/c1-16(17-5-3-2-4-6-17)25-30(27,28)21-13-11-20(12-14-21)29-15-22(26)24-19-9-7-18(23)8-10-19/h2-14,16,25H,15H2,1H3,(H,24,26)/t16-/m1/s1. The van der Waals surface area contributed by atoms with Crippen LogP contribution in [0, 0.1) is 5.82 Å². The van der Waals surface area contributed by atoms with Gasteiger partial charge in [-0.1, -0.05) is 30.3 Å². The Morgan fingerprint density at radius 1 is 0.967 bits per heavy atom. The van der Waals surface area contributed by atoms with Crippen molar-refractivity contribution in [3.63, 3.8) is 0 Å². The van der Waals surface area contributed by atoms with E-state index in [-0.39, 0.29) is 17.5 Å². The monoisotopic (exact) mass is 428 g/mol. The van der Waals surface area contributed by atoms with Gasteiger partial charge in [-0.15, -0.1) is 0 Å². The molecule has 156 valence electrons. The summed E-state index contributed by atoms with van der Waals surface area (Å²) in [5.41, 5.74) is 1.30. The number of benzene rings is 3. The zero-order valence-electron chi connectivity index (χ0n) is 16.2. The van der Waals surface area contributed by atoms with Crippen LogP contribution in [0.4, 0.5) is 10.1 Å². The van der Waals surface area contributed by atoms with Crippen LogP contribution in [0.25, 0.3) is 0 Å². The van der Waals surface area contributed by atoms with Crippen LogP contribution in [0.3, 0.4) is 0 Å². The molecule has 0 aliphatic heterocycles. The van der Waals surface area contributed by atoms with E-state index in [0.29, 0.717) is 11.4 Å². The molecular weight excluding hydrogens is 407 g/mol. The molecule has 3 aromatic carbocycles. The molecule has 6 nitrogen and oxygen atoms in total. The topological polar surface area (TPSA) is 84.5 Å². The maximum absolute atomic E-state index is 12.9. The molecule has 0 radical (unpaired) electrons. The SMILES string of the molecule is C[C@@H](NS(=O)(=O)c1ccc(OCC(=O)Nc2ccc(F)cc2)cc1)c1ccccc1. The second-order valence-corrected chi connectivity index (χ2v) is 8.28. The molecule has 2 N–H and O–H groups in total. The molecule has 0 aliphatic carbocycles. The number of hydrogen-bond acceptors (Lipinski definition) is 4. The van der Waals surface area contributed by atoms with Crippen molar-refractivity contribution in [1.82, 2.24) is 4.72 Å². The molecule has 0 heterocycles. The fraction of sp³-hybridized carbons (Fsp3) is 0.136. The van der Waals surface area contributed by atoms with Crippen molar-refractivity contribution in [2.24, 2.45) is 0 Å². The first-order valence-electron chi connectivity index (χ1n) is 9.19. The summed E-state index contributed by atoms with van der Waals surface area (Å²) in [6.07, 6.45) is 0. The number of carbonyl (C=O) groups is 1. The van der Waals surface area contributed by atoms with Gasteiger partial charge in [-0.2, -0.15) is 0 Å². The minimum Gasteiger partial charge on any atom is -0.484 e. The Kier molecular flexibility index (Phi) is 6.81. The van der Waals surface area contributed by atoms with Gasteiger partial charge in [0.1, 0.15) is 11.6 Å². The Labute approximate surface area is 174 Å². The molecule has 0 bridgehead atoms. The van der Waals surface area contributed by atoms with E-state index in [1.807, 2.05) is 30.3 Å². The molecular formula is C22H21FN2O4S. The van der Waals surface area contributed by atoms with Crippen molar-refractivity contribution in [3.05, 3.63) is 90.2 Å². The molecule has 1 atom stereocenters. The second kappa shape index (κ2) is 9.51. The van der Waals surface area contributed by atoms with E-state index >= 15 is 0 Å². The van der Waals surface area contributed by atoms with E-state index < -0.39 is 21.7 Å². The quantitative estimate of drug-likeness (QED) is 0.570. The lowest BCUT2D eigenvalue weighted by Gasteiger charge is -2.15. The number of nitrogens with one attached hydrogen (secondary N) is 2. The highest BCUT2D eigenvalue weighted by Gasteiger charge is 2.18. The summed E-state index contributed by atoms with van der Waals surface area (Å²) in [6, 6.07) is 20.0. The maximum atomic E-state index is 12.9. The molecule has 8 heteroatoms. The van der Waals surface area contributed by atoms with Crippen LogP contribution in [0.1, 0.15) is 18.5 Å². The summed E-state index contributed by atoms with van der Waals surface area (Å²) in [5.74, 6) is -0.470. The molecule has 0 aliphatic rings. The van der Waals surface area contributed by atoms with Crippen molar-refractivity contribution in [3.8, 4) is 5.75 Å². The number of carbonyl (C=O) groups excluding carboxylic acids is 1. The first-order chi connectivity index (χ1) is 14.3. The van der Waals surface area contributed by atoms with Gasteiger partial charge < -0.3 is 10.1 Å². The lowest BCUT2D eigenvalue weighted by atomic mass is 10.1. The molecule has 30 heavy (non-hydrogen) atoms. The van der Waals surface area contributed by atoms with Gasteiger partial charge in [0.15, 0.2) is 6.61 Å². The highest BCUT2D eigenvalue weighted by Crippen LogP contribution is 2.19. The fourth-order valence-electron chi connectivity index (χ4n) is 2.70. The van der Waals surface area contributed by atoms with Gasteiger partial charge in [0.25, 0.3) is 5.91 Å². The summed E-state index contributed by atoms with van der Waals surface area (Å²) in [6.45, 7) is 1.50. The molecule has 0 unspecified atom stereocenters. The number of sulfonamides is 1. The van der Waals surface area contributed by atoms with Crippen molar-refractivity contribution < 1.29 is 22.3 Å². The predicted molar refractivity (Wildman–Crippen MR) is 112 cm³/mol. The highest BCUT2D eigenvalue weighted by molar-refractivity contribution is 7.89. The predicted octanol–water partition coefficient (Wildman–Crippen LogP) is 3.88. The number of amides is 1. The summed E-state index contributed by atoms with van der Waals surface area (Å²) in [5, 5.41) is 2.58. The summed E-state index contributed by atoms with van der Waals surface area (Å²) in [7, 11) is -3.72. The lowest BCUT2D eigenvalue weighted by molar-refractivity contribution is -0.118.